The molecule has 36 heavy (non-hydrogen) atoms. The second kappa shape index (κ2) is 10.5. The van der Waals surface area contributed by atoms with E-state index < -0.39 is 17.9 Å². The zero-order valence-electron chi connectivity index (χ0n) is 20.0. The maximum Gasteiger partial charge on any atom is 0.269 e. The average molecular weight is 504 g/mol. The molecule has 1 aliphatic rings. The molecule has 1 aliphatic heterocycles. The van der Waals surface area contributed by atoms with Gasteiger partial charge in [0.15, 0.2) is 0 Å². The van der Waals surface area contributed by atoms with Gasteiger partial charge in [-0.1, -0.05) is 17.7 Å². The van der Waals surface area contributed by atoms with Crippen molar-refractivity contribution in [3.8, 4) is 5.75 Å². The fourth-order valence-corrected chi connectivity index (χ4v) is 4.24. The lowest BCUT2D eigenvalue weighted by Crippen LogP contribution is -2.49. The molecule has 10 heteroatoms. The second-order valence-corrected chi connectivity index (χ2v) is 8.65. The van der Waals surface area contributed by atoms with Gasteiger partial charge in [0.25, 0.3) is 11.8 Å². The highest BCUT2D eigenvalue weighted by molar-refractivity contribution is 7.80. The molecule has 0 spiro atoms. The van der Waals surface area contributed by atoms with Crippen molar-refractivity contribution < 1.29 is 19.1 Å². The number of aryl methyl sites for hydroxylation is 2. The summed E-state index contributed by atoms with van der Waals surface area (Å²) in [6.45, 7) is 3.86. The molecule has 1 aromatic heterocycles. The Morgan fingerprint density at radius 2 is 1.75 bits per heavy atom. The molecule has 0 saturated carbocycles. The number of hydrogen-bond donors (Lipinski definition) is 2. The first-order valence-corrected chi connectivity index (χ1v) is 11.6. The van der Waals surface area contributed by atoms with E-state index in [1.54, 1.807) is 43.5 Å². The predicted octanol–water partition coefficient (Wildman–Crippen LogP) is 3.38. The summed E-state index contributed by atoms with van der Waals surface area (Å²) in [5.41, 5.74) is 6.15. The van der Waals surface area contributed by atoms with E-state index in [-0.39, 0.29) is 17.4 Å². The van der Waals surface area contributed by atoms with Crippen LogP contribution in [0.3, 0.4) is 0 Å². The Morgan fingerprint density at radius 3 is 2.39 bits per heavy atom. The molecule has 9 nitrogen and oxygen atoms in total. The molecule has 3 amide bonds. The highest BCUT2D eigenvalue weighted by atomic mass is 32.1. The zero-order chi connectivity index (χ0) is 25.8. The molecular weight excluding hydrogens is 478 g/mol. The van der Waals surface area contributed by atoms with Crippen molar-refractivity contribution in [1.82, 2.24) is 15.4 Å². The van der Waals surface area contributed by atoms with E-state index in [2.05, 4.69) is 15.7 Å². The third kappa shape index (κ3) is 5.18. The van der Waals surface area contributed by atoms with E-state index in [0.717, 1.165) is 11.1 Å². The lowest BCUT2D eigenvalue weighted by Gasteiger charge is -2.24. The van der Waals surface area contributed by atoms with Gasteiger partial charge in [0.1, 0.15) is 11.8 Å². The summed E-state index contributed by atoms with van der Waals surface area (Å²) in [7, 11) is 1.54. The van der Waals surface area contributed by atoms with Gasteiger partial charge < -0.3 is 10.1 Å². The summed E-state index contributed by atoms with van der Waals surface area (Å²) in [4.78, 5) is 44.6. The molecule has 2 heterocycles. The molecule has 2 aromatic carbocycles. The van der Waals surface area contributed by atoms with Gasteiger partial charge in [-0.3, -0.25) is 29.7 Å². The SMILES string of the molecule is COc1ccc(N2C(=O)C(CC(=O)Nc3ccc(C)cc3C)N(NC(=O)c3ccncc3)C2=S)cc1. The minimum absolute atomic E-state index is 0.0527. The Hall–Kier alpha value is -4.31. The molecule has 1 atom stereocenters. The molecule has 2 N–H and O–H groups in total. The Morgan fingerprint density at radius 1 is 1.06 bits per heavy atom. The molecule has 0 bridgehead atoms. The van der Waals surface area contributed by atoms with Crippen molar-refractivity contribution in [2.75, 3.05) is 17.3 Å². The molecule has 3 aromatic rings. The van der Waals surface area contributed by atoms with E-state index in [4.69, 9.17) is 17.0 Å². The maximum atomic E-state index is 13.5. The summed E-state index contributed by atoms with van der Waals surface area (Å²) in [5, 5.41) is 4.18. The Labute approximate surface area is 214 Å². The summed E-state index contributed by atoms with van der Waals surface area (Å²) in [6, 6.07) is 14.5. The topological polar surface area (TPSA) is 104 Å². The normalized spacial score (nSPS) is 15.1. The van der Waals surface area contributed by atoms with Crippen molar-refractivity contribution in [1.29, 1.82) is 0 Å². The van der Waals surface area contributed by atoms with Crippen LogP contribution in [-0.4, -0.2) is 46.0 Å². The number of anilines is 2. The first-order chi connectivity index (χ1) is 17.3. The van der Waals surface area contributed by atoms with E-state index in [1.807, 2.05) is 32.0 Å². The number of rotatable bonds is 7. The lowest BCUT2D eigenvalue weighted by atomic mass is 10.1. The number of nitrogens with zero attached hydrogens (tertiary/aromatic N) is 3. The van der Waals surface area contributed by atoms with Crippen LogP contribution in [0.15, 0.2) is 67.0 Å². The van der Waals surface area contributed by atoms with Crippen molar-refractivity contribution in [2.24, 2.45) is 0 Å². The third-order valence-electron chi connectivity index (χ3n) is 5.74. The number of hydrazine groups is 1. The Bertz CT molecular complexity index is 1310. The lowest BCUT2D eigenvalue weighted by molar-refractivity contribution is -0.124. The van der Waals surface area contributed by atoms with Gasteiger partial charge in [0.2, 0.25) is 11.0 Å². The van der Waals surface area contributed by atoms with Crippen LogP contribution in [0.1, 0.15) is 27.9 Å². The fourth-order valence-electron chi connectivity index (χ4n) is 3.88. The summed E-state index contributed by atoms with van der Waals surface area (Å²) in [6.07, 6.45) is 2.75. The third-order valence-corrected chi connectivity index (χ3v) is 6.12. The summed E-state index contributed by atoms with van der Waals surface area (Å²) >= 11 is 5.59. The molecule has 1 unspecified atom stereocenters. The number of thiocarbonyl (C=S) groups is 1. The number of methoxy groups -OCH3 is 1. The van der Waals surface area contributed by atoms with Gasteiger partial charge in [-0.25, -0.2) is 5.01 Å². The van der Waals surface area contributed by atoms with Crippen LogP contribution in [0, 0.1) is 13.8 Å². The maximum absolute atomic E-state index is 13.5. The van der Waals surface area contributed by atoms with E-state index in [1.165, 1.54) is 22.3 Å². The number of amides is 3. The number of nitrogens with one attached hydrogen (secondary N) is 2. The van der Waals surface area contributed by atoms with Crippen LogP contribution in [0.25, 0.3) is 0 Å². The predicted molar refractivity (Wildman–Crippen MR) is 140 cm³/mol. The molecular formula is C26H25N5O4S. The van der Waals surface area contributed by atoms with Crippen molar-refractivity contribution in [2.45, 2.75) is 26.3 Å². The van der Waals surface area contributed by atoms with Gasteiger partial charge in [-0.15, -0.1) is 0 Å². The molecule has 4 rings (SSSR count). The minimum atomic E-state index is -1.05. The van der Waals surface area contributed by atoms with E-state index >= 15 is 0 Å². The molecule has 0 aliphatic carbocycles. The van der Waals surface area contributed by atoms with Gasteiger partial charge in [0.05, 0.1) is 19.2 Å². The van der Waals surface area contributed by atoms with Gasteiger partial charge in [-0.05, 0) is 74.1 Å². The number of hydrogen-bond acceptors (Lipinski definition) is 6. The second-order valence-electron chi connectivity index (χ2n) is 8.29. The molecule has 1 fully saturated rings. The number of carbonyl (C=O) groups is 3. The minimum Gasteiger partial charge on any atom is -0.497 e. The number of pyridine rings is 1. The van der Waals surface area contributed by atoms with Gasteiger partial charge >= 0.3 is 0 Å². The van der Waals surface area contributed by atoms with Crippen molar-refractivity contribution in [3.63, 3.8) is 0 Å². The van der Waals surface area contributed by atoms with E-state index in [9.17, 15) is 14.4 Å². The van der Waals surface area contributed by atoms with Crippen molar-refractivity contribution in [3.05, 3.63) is 83.7 Å². The average Bonchev–Trinajstić information content (AvgIpc) is 3.10. The highest BCUT2D eigenvalue weighted by Gasteiger charge is 2.45. The van der Waals surface area contributed by atoms with Crippen LogP contribution < -0.4 is 20.4 Å². The number of aromatic nitrogens is 1. The first-order valence-electron chi connectivity index (χ1n) is 11.2. The largest absolute Gasteiger partial charge is 0.497 e. The van der Waals surface area contributed by atoms with Crippen LogP contribution in [0.2, 0.25) is 0 Å². The Kier molecular flexibility index (Phi) is 7.25. The van der Waals surface area contributed by atoms with Crippen molar-refractivity contribution >= 4 is 46.4 Å². The van der Waals surface area contributed by atoms with Gasteiger partial charge in [0, 0.05) is 23.6 Å². The van der Waals surface area contributed by atoms with Gasteiger partial charge in [-0.2, -0.15) is 0 Å². The smallest absolute Gasteiger partial charge is 0.269 e. The first kappa shape index (κ1) is 24.8. The highest BCUT2D eigenvalue weighted by Crippen LogP contribution is 2.28. The number of carbonyl (C=O) groups excluding carboxylic acids is 3. The van der Waals surface area contributed by atoms with Crippen LogP contribution in [0.4, 0.5) is 11.4 Å². The number of ether oxygens (including phenoxy) is 1. The monoisotopic (exact) mass is 503 g/mol. The summed E-state index contributed by atoms with van der Waals surface area (Å²) in [5.74, 6) is -0.689. The van der Waals surface area contributed by atoms with Crippen LogP contribution in [-0.2, 0) is 9.59 Å². The van der Waals surface area contributed by atoms with Crippen LogP contribution in [0.5, 0.6) is 5.75 Å². The van der Waals surface area contributed by atoms with E-state index in [0.29, 0.717) is 22.7 Å². The van der Waals surface area contributed by atoms with Crippen LogP contribution >= 0.6 is 12.2 Å². The molecule has 1 saturated heterocycles. The Balaban J connectivity index is 1.60. The quantitative estimate of drug-likeness (QED) is 0.477. The summed E-state index contributed by atoms with van der Waals surface area (Å²) < 4.78 is 5.19. The molecule has 0 radical (unpaired) electrons. The molecule has 184 valence electrons. The fraction of sp³-hybridized carbons (Fsp3) is 0.192. The zero-order valence-corrected chi connectivity index (χ0v) is 20.8. The standard InChI is InChI=1S/C26H25N5O4S/c1-16-4-9-21(17(2)14-16)28-23(32)15-22-25(34)30(19-5-7-20(35-3)8-6-19)26(36)31(22)29-24(33)18-10-12-27-13-11-18/h4-14,22H,15H2,1-3H3,(H,28,32)(H,29,33). The number of benzene rings is 2.